The van der Waals surface area contributed by atoms with Gasteiger partial charge in [-0.1, -0.05) is 51.0 Å². The van der Waals surface area contributed by atoms with Crippen molar-refractivity contribution in [3.63, 3.8) is 0 Å². The van der Waals surface area contributed by atoms with Crippen LogP contribution in [0.25, 0.3) is 0 Å². The summed E-state index contributed by atoms with van der Waals surface area (Å²) in [5, 5.41) is 0. The maximum atomic E-state index is 6.50. The van der Waals surface area contributed by atoms with Crippen LogP contribution in [-0.2, 0) is 6.42 Å². The molecule has 16 heavy (non-hydrogen) atoms. The van der Waals surface area contributed by atoms with E-state index in [1.165, 1.54) is 43.2 Å². The van der Waals surface area contributed by atoms with Gasteiger partial charge in [-0.25, -0.2) is 0 Å². The first-order chi connectivity index (χ1) is 7.73. The maximum Gasteiger partial charge on any atom is 0.0358 e. The van der Waals surface area contributed by atoms with Crippen LogP contribution < -0.4 is 5.73 Å². The minimum Gasteiger partial charge on any atom is -0.323 e. The van der Waals surface area contributed by atoms with Crippen molar-refractivity contribution in [1.29, 1.82) is 0 Å². The van der Waals surface area contributed by atoms with Crippen molar-refractivity contribution in [2.45, 2.75) is 52.0 Å². The van der Waals surface area contributed by atoms with Crippen LogP contribution in [0, 0.1) is 5.41 Å². The first-order valence-electron chi connectivity index (χ1n) is 6.57. The second-order valence-electron chi connectivity index (χ2n) is 5.22. The van der Waals surface area contributed by atoms with E-state index in [1.807, 2.05) is 0 Å². The smallest absolute Gasteiger partial charge is 0.0358 e. The van der Waals surface area contributed by atoms with E-state index in [-0.39, 0.29) is 6.04 Å². The van der Waals surface area contributed by atoms with Crippen molar-refractivity contribution in [3.8, 4) is 0 Å². The van der Waals surface area contributed by atoms with Gasteiger partial charge in [0, 0.05) is 6.04 Å². The van der Waals surface area contributed by atoms with E-state index >= 15 is 0 Å². The first kappa shape index (κ1) is 11.7. The molecule has 0 bridgehead atoms. The topological polar surface area (TPSA) is 26.0 Å². The lowest BCUT2D eigenvalue weighted by Gasteiger charge is -2.33. The number of hydrogen-bond acceptors (Lipinski definition) is 1. The van der Waals surface area contributed by atoms with Gasteiger partial charge in [0.1, 0.15) is 0 Å². The van der Waals surface area contributed by atoms with E-state index in [4.69, 9.17) is 5.73 Å². The summed E-state index contributed by atoms with van der Waals surface area (Å²) < 4.78 is 0. The molecule has 0 radical (unpaired) electrons. The summed E-state index contributed by atoms with van der Waals surface area (Å²) in [6.45, 7) is 4.54. The average molecular weight is 217 g/mol. The number of fused-ring (bicyclic) bond motifs is 1. The molecule has 1 aromatic rings. The summed E-state index contributed by atoms with van der Waals surface area (Å²) in [5.41, 5.74) is 9.71. The lowest BCUT2D eigenvalue weighted by Crippen LogP contribution is -2.31. The summed E-state index contributed by atoms with van der Waals surface area (Å²) in [7, 11) is 0. The highest BCUT2D eigenvalue weighted by Gasteiger charge is 2.42. The summed E-state index contributed by atoms with van der Waals surface area (Å²) in [5.74, 6) is 0. The van der Waals surface area contributed by atoms with Crippen LogP contribution >= 0.6 is 0 Å². The normalized spacial score (nSPS) is 22.1. The molecule has 0 saturated carbocycles. The highest BCUT2D eigenvalue weighted by molar-refractivity contribution is 5.37. The van der Waals surface area contributed by atoms with E-state index in [0.717, 1.165) is 0 Å². The summed E-state index contributed by atoms with van der Waals surface area (Å²) in [6, 6.07) is 8.98. The van der Waals surface area contributed by atoms with Crippen molar-refractivity contribution >= 4 is 0 Å². The largest absolute Gasteiger partial charge is 0.323 e. The molecule has 88 valence electrons. The third-order valence-electron chi connectivity index (χ3n) is 4.09. The molecule has 0 aromatic heterocycles. The molecule has 0 saturated heterocycles. The Labute approximate surface area is 99.0 Å². The molecule has 0 heterocycles. The first-order valence-corrected chi connectivity index (χ1v) is 6.57. The van der Waals surface area contributed by atoms with Gasteiger partial charge in [-0.3, -0.25) is 0 Å². The second-order valence-corrected chi connectivity index (χ2v) is 5.22. The Hall–Kier alpha value is -0.820. The van der Waals surface area contributed by atoms with Crippen LogP contribution in [0.2, 0.25) is 0 Å². The van der Waals surface area contributed by atoms with Crippen molar-refractivity contribution < 1.29 is 0 Å². The van der Waals surface area contributed by atoms with Gasteiger partial charge < -0.3 is 5.73 Å². The van der Waals surface area contributed by atoms with Crippen molar-refractivity contribution in [3.05, 3.63) is 35.4 Å². The molecule has 1 aromatic carbocycles. The van der Waals surface area contributed by atoms with E-state index in [0.29, 0.717) is 5.41 Å². The lowest BCUT2D eigenvalue weighted by molar-refractivity contribution is 0.201. The zero-order chi connectivity index (χ0) is 11.6. The monoisotopic (exact) mass is 217 g/mol. The van der Waals surface area contributed by atoms with Crippen LogP contribution in [0.1, 0.15) is 56.7 Å². The Bertz CT molecular complexity index is 350. The van der Waals surface area contributed by atoms with Crippen LogP contribution in [0.15, 0.2) is 24.3 Å². The number of hydrogen-bond donors (Lipinski definition) is 1. The predicted molar refractivity (Wildman–Crippen MR) is 69.3 cm³/mol. The molecule has 1 aliphatic carbocycles. The molecule has 0 aliphatic heterocycles. The lowest BCUT2D eigenvalue weighted by atomic mass is 9.74. The number of benzene rings is 1. The van der Waals surface area contributed by atoms with E-state index in [2.05, 4.69) is 38.1 Å². The zero-order valence-corrected chi connectivity index (χ0v) is 10.5. The third-order valence-corrected chi connectivity index (χ3v) is 4.09. The second kappa shape index (κ2) is 4.58. The molecule has 1 aliphatic rings. The Balaban J connectivity index is 2.32. The van der Waals surface area contributed by atoms with Crippen molar-refractivity contribution in [2.24, 2.45) is 11.1 Å². The molecule has 1 unspecified atom stereocenters. The van der Waals surface area contributed by atoms with Gasteiger partial charge in [-0.2, -0.15) is 0 Å². The number of rotatable bonds is 4. The van der Waals surface area contributed by atoms with Crippen LogP contribution in [-0.4, -0.2) is 0 Å². The van der Waals surface area contributed by atoms with Gasteiger partial charge in [0.2, 0.25) is 0 Å². The van der Waals surface area contributed by atoms with Crippen LogP contribution in [0.3, 0.4) is 0 Å². The van der Waals surface area contributed by atoms with Crippen LogP contribution in [0.4, 0.5) is 0 Å². The Kier molecular flexibility index (Phi) is 3.34. The van der Waals surface area contributed by atoms with Gasteiger partial charge in [-0.15, -0.1) is 0 Å². The highest BCUT2D eigenvalue weighted by atomic mass is 14.7. The molecule has 1 atom stereocenters. The quantitative estimate of drug-likeness (QED) is 0.815. The molecule has 0 spiro atoms. The predicted octanol–water partition coefficient (Wildman–Crippen LogP) is 3.83. The molecular weight excluding hydrogens is 194 g/mol. The fourth-order valence-electron chi connectivity index (χ4n) is 3.43. The third kappa shape index (κ3) is 1.78. The van der Waals surface area contributed by atoms with Gasteiger partial charge in [0.15, 0.2) is 0 Å². The molecule has 1 heteroatoms. The van der Waals surface area contributed by atoms with Gasteiger partial charge in [0.25, 0.3) is 0 Å². The number of nitrogens with two attached hydrogens (primary N) is 1. The molecule has 0 fully saturated rings. The van der Waals surface area contributed by atoms with Gasteiger partial charge in [-0.05, 0) is 35.8 Å². The van der Waals surface area contributed by atoms with E-state index in [9.17, 15) is 0 Å². The van der Waals surface area contributed by atoms with Crippen LogP contribution in [0.5, 0.6) is 0 Å². The summed E-state index contributed by atoms with van der Waals surface area (Å²) in [6.07, 6.45) is 6.18. The minimum atomic E-state index is 0.253. The molecular formula is C15H23N. The molecule has 2 rings (SSSR count). The highest BCUT2D eigenvalue weighted by Crippen LogP contribution is 2.50. The fraction of sp³-hybridized carbons (Fsp3) is 0.600. The Morgan fingerprint density at radius 3 is 2.38 bits per heavy atom. The molecule has 0 amide bonds. The van der Waals surface area contributed by atoms with E-state index < -0.39 is 0 Å². The zero-order valence-electron chi connectivity index (χ0n) is 10.5. The van der Waals surface area contributed by atoms with Crippen molar-refractivity contribution in [2.75, 3.05) is 0 Å². The fourth-order valence-corrected chi connectivity index (χ4v) is 3.43. The minimum absolute atomic E-state index is 0.253. The van der Waals surface area contributed by atoms with Gasteiger partial charge >= 0.3 is 0 Å². The standard InChI is InChI=1S/C15H23N/c1-3-9-15(10-4-2)11-12-7-5-6-8-13(12)14(15)16/h5-8,14H,3-4,9-11,16H2,1-2H3. The molecule has 1 nitrogen and oxygen atoms in total. The maximum absolute atomic E-state index is 6.50. The average Bonchev–Trinajstić information content (AvgIpc) is 2.54. The summed E-state index contributed by atoms with van der Waals surface area (Å²) >= 11 is 0. The van der Waals surface area contributed by atoms with Crippen molar-refractivity contribution in [1.82, 2.24) is 0 Å². The molecule has 2 N–H and O–H groups in total. The SMILES string of the molecule is CCCC1(CCC)Cc2ccccc2C1N. The summed E-state index contributed by atoms with van der Waals surface area (Å²) in [4.78, 5) is 0. The Morgan fingerprint density at radius 2 is 1.81 bits per heavy atom. The van der Waals surface area contributed by atoms with Gasteiger partial charge in [0.05, 0.1) is 0 Å². The Morgan fingerprint density at radius 1 is 1.19 bits per heavy atom. The van der Waals surface area contributed by atoms with E-state index in [1.54, 1.807) is 0 Å².